The Morgan fingerprint density at radius 3 is 2.75 bits per heavy atom. The van der Waals surface area contributed by atoms with Crippen molar-refractivity contribution in [1.82, 2.24) is 5.32 Å². The number of nitrogens with one attached hydrogen (secondary N) is 1. The monoisotopic (exact) mass is 357 g/mol. The molecule has 1 saturated carbocycles. The van der Waals surface area contributed by atoms with E-state index in [0.29, 0.717) is 12.5 Å². The molecule has 8 heteroatoms. The molecule has 3 N–H and O–H groups in total. The molecule has 134 valence electrons. The van der Waals surface area contributed by atoms with E-state index in [4.69, 9.17) is 10.5 Å². The molecular formula is C16H24ClN3O4. The largest absolute Gasteiger partial charge is 0.486 e. The van der Waals surface area contributed by atoms with Gasteiger partial charge in [-0.1, -0.05) is 25.0 Å². The lowest BCUT2D eigenvalue weighted by Crippen LogP contribution is -2.45. The van der Waals surface area contributed by atoms with Gasteiger partial charge < -0.3 is 15.8 Å². The first-order chi connectivity index (χ1) is 11.1. The van der Waals surface area contributed by atoms with Crippen molar-refractivity contribution in [3.05, 3.63) is 34.4 Å². The Labute approximate surface area is 147 Å². The Morgan fingerprint density at radius 2 is 2.04 bits per heavy atom. The third-order valence-corrected chi connectivity index (χ3v) is 4.21. The number of ether oxygens (including phenoxy) is 1. The van der Waals surface area contributed by atoms with Crippen molar-refractivity contribution in [3.8, 4) is 5.75 Å². The SMILES string of the molecule is Cl.NCC1CCCCC1NC(=O)CCOc1ccccc1[N+](=O)[O-]. The number of carbonyl (C=O) groups is 1. The smallest absolute Gasteiger partial charge is 0.310 e. The quantitative estimate of drug-likeness (QED) is 0.575. The van der Waals surface area contributed by atoms with E-state index in [1.165, 1.54) is 12.1 Å². The Morgan fingerprint density at radius 1 is 1.33 bits per heavy atom. The van der Waals surface area contributed by atoms with Crippen LogP contribution in [0.15, 0.2) is 24.3 Å². The molecule has 1 aliphatic rings. The van der Waals surface area contributed by atoms with Crippen molar-refractivity contribution in [2.45, 2.75) is 38.1 Å². The van der Waals surface area contributed by atoms with Gasteiger partial charge >= 0.3 is 5.69 Å². The van der Waals surface area contributed by atoms with E-state index in [2.05, 4.69) is 5.32 Å². The van der Waals surface area contributed by atoms with Gasteiger partial charge in [0, 0.05) is 12.1 Å². The van der Waals surface area contributed by atoms with Crippen LogP contribution in [0, 0.1) is 16.0 Å². The summed E-state index contributed by atoms with van der Waals surface area (Å²) >= 11 is 0. The van der Waals surface area contributed by atoms with Gasteiger partial charge in [-0.05, 0) is 31.4 Å². The highest BCUT2D eigenvalue weighted by Crippen LogP contribution is 2.26. The number of halogens is 1. The van der Waals surface area contributed by atoms with E-state index >= 15 is 0 Å². The molecule has 24 heavy (non-hydrogen) atoms. The molecule has 1 aromatic carbocycles. The van der Waals surface area contributed by atoms with Crippen molar-refractivity contribution >= 4 is 24.0 Å². The van der Waals surface area contributed by atoms with Crippen LogP contribution in [0.3, 0.4) is 0 Å². The van der Waals surface area contributed by atoms with Gasteiger partial charge in [-0.2, -0.15) is 0 Å². The van der Waals surface area contributed by atoms with Gasteiger partial charge in [0.2, 0.25) is 5.91 Å². The van der Waals surface area contributed by atoms with Crippen LogP contribution >= 0.6 is 12.4 Å². The molecule has 1 amide bonds. The van der Waals surface area contributed by atoms with E-state index < -0.39 is 4.92 Å². The Balaban J connectivity index is 0.00000288. The maximum absolute atomic E-state index is 12.0. The normalized spacial score (nSPS) is 19.9. The number of carbonyl (C=O) groups excluding carboxylic acids is 1. The molecule has 1 fully saturated rings. The van der Waals surface area contributed by atoms with E-state index in [9.17, 15) is 14.9 Å². The first-order valence-corrected chi connectivity index (χ1v) is 7.97. The predicted molar refractivity (Wildman–Crippen MR) is 93.4 cm³/mol. The molecule has 2 unspecified atom stereocenters. The number of nitrogens with zero attached hydrogens (tertiary/aromatic N) is 1. The van der Waals surface area contributed by atoms with Crippen LogP contribution in [-0.4, -0.2) is 30.0 Å². The summed E-state index contributed by atoms with van der Waals surface area (Å²) in [5, 5.41) is 13.9. The van der Waals surface area contributed by atoms with Gasteiger partial charge in [0.1, 0.15) is 0 Å². The van der Waals surface area contributed by atoms with E-state index in [0.717, 1.165) is 25.7 Å². The number of nitrogens with two attached hydrogens (primary N) is 1. The van der Waals surface area contributed by atoms with Gasteiger partial charge in [-0.15, -0.1) is 12.4 Å². The molecule has 1 aliphatic carbocycles. The summed E-state index contributed by atoms with van der Waals surface area (Å²) in [6.07, 6.45) is 4.44. The summed E-state index contributed by atoms with van der Waals surface area (Å²) < 4.78 is 5.38. The fourth-order valence-electron chi connectivity index (χ4n) is 2.94. The third kappa shape index (κ3) is 5.65. The lowest BCUT2D eigenvalue weighted by molar-refractivity contribution is -0.385. The molecule has 0 heterocycles. The minimum Gasteiger partial charge on any atom is -0.486 e. The maximum Gasteiger partial charge on any atom is 0.310 e. The number of para-hydroxylation sites is 2. The minimum atomic E-state index is -0.497. The number of nitro benzene ring substituents is 1. The van der Waals surface area contributed by atoms with E-state index in [1.807, 2.05) is 0 Å². The third-order valence-electron chi connectivity index (χ3n) is 4.21. The molecule has 0 aromatic heterocycles. The van der Waals surface area contributed by atoms with E-state index in [1.54, 1.807) is 12.1 Å². The van der Waals surface area contributed by atoms with Crippen LogP contribution in [0.2, 0.25) is 0 Å². The van der Waals surface area contributed by atoms with Gasteiger partial charge in [-0.25, -0.2) is 0 Å². The van der Waals surface area contributed by atoms with Crippen LogP contribution in [0.5, 0.6) is 5.75 Å². The Kier molecular flexibility index (Phi) is 8.49. The molecular weight excluding hydrogens is 334 g/mol. The van der Waals surface area contributed by atoms with Crippen LogP contribution in [0.25, 0.3) is 0 Å². The van der Waals surface area contributed by atoms with Crippen LogP contribution in [0.1, 0.15) is 32.1 Å². The number of benzene rings is 1. The summed E-state index contributed by atoms with van der Waals surface area (Å²) in [4.78, 5) is 22.4. The topological polar surface area (TPSA) is 107 Å². The lowest BCUT2D eigenvalue weighted by atomic mass is 9.84. The highest BCUT2D eigenvalue weighted by molar-refractivity contribution is 5.85. The maximum atomic E-state index is 12.0. The van der Waals surface area contributed by atoms with Crippen molar-refractivity contribution in [3.63, 3.8) is 0 Å². The number of amides is 1. The zero-order valence-corrected chi connectivity index (χ0v) is 14.3. The number of hydrogen-bond donors (Lipinski definition) is 2. The summed E-state index contributed by atoms with van der Waals surface area (Å²) in [7, 11) is 0. The molecule has 0 spiro atoms. The summed E-state index contributed by atoms with van der Waals surface area (Å²) in [5.41, 5.74) is 5.66. The zero-order valence-electron chi connectivity index (χ0n) is 13.5. The lowest BCUT2D eigenvalue weighted by Gasteiger charge is -2.31. The molecule has 0 radical (unpaired) electrons. The Bertz CT molecular complexity index is 556. The van der Waals surface area contributed by atoms with Crippen molar-refractivity contribution in [2.75, 3.05) is 13.2 Å². The van der Waals surface area contributed by atoms with Crippen LogP contribution in [0.4, 0.5) is 5.69 Å². The second-order valence-electron chi connectivity index (χ2n) is 5.78. The van der Waals surface area contributed by atoms with E-state index in [-0.39, 0.29) is 48.8 Å². The molecule has 7 nitrogen and oxygen atoms in total. The van der Waals surface area contributed by atoms with Gasteiger partial charge in [0.25, 0.3) is 0 Å². The minimum absolute atomic E-state index is 0. The average molecular weight is 358 g/mol. The molecule has 0 saturated heterocycles. The molecule has 0 aliphatic heterocycles. The average Bonchev–Trinajstić information content (AvgIpc) is 2.55. The van der Waals surface area contributed by atoms with Crippen molar-refractivity contribution < 1.29 is 14.5 Å². The molecule has 0 bridgehead atoms. The number of hydrogen-bond acceptors (Lipinski definition) is 5. The summed E-state index contributed by atoms with van der Waals surface area (Å²) in [5.74, 6) is 0.417. The highest BCUT2D eigenvalue weighted by atomic mass is 35.5. The standard InChI is InChI=1S/C16H23N3O4.ClH/c17-11-12-5-1-2-6-13(12)18-16(20)9-10-23-15-8-4-3-7-14(15)19(21)22;/h3-4,7-8,12-13H,1-2,5-6,9-11,17H2,(H,18,20);1H. The zero-order chi connectivity index (χ0) is 16.7. The molecule has 1 aromatic rings. The number of nitro groups is 1. The second-order valence-corrected chi connectivity index (χ2v) is 5.78. The highest BCUT2D eigenvalue weighted by Gasteiger charge is 2.25. The van der Waals surface area contributed by atoms with Crippen LogP contribution in [-0.2, 0) is 4.79 Å². The van der Waals surface area contributed by atoms with Crippen molar-refractivity contribution in [1.29, 1.82) is 0 Å². The predicted octanol–water partition coefficient (Wildman–Crippen LogP) is 2.42. The Hall–Kier alpha value is -1.86. The molecule has 2 atom stereocenters. The first-order valence-electron chi connectivity index (χ1n) is 7.97. The summed E-state index contributed by atoms with van der Waals surface area (Å²) in [6, 6.07) is 6.28. The first kappa shape index (κ1) is 20.2. The second kappa shape index (κ2) is 10.1. The van der Waals surface area contributed by atoms with Gasteiger partial charge in [0.15, 0.2) is 5.75 Å². The number of rotatable bonds is 7. The van der Waals surface area contributed by atoms with Crippen molar-refractivity contribution in [2.24, 2.45) is 11.7 Å². The van der Waals surface area contributed by atoms with Gasteiger partial charge in [-0.3, -0.25) is 14.9 Å². The summed E-state index contributed by atoms with van der Waals surface area (Å²) in [6.45, 7) is 0.689. The fraction of sp³-hybridized carbons (Fsp3) is 0.562. The van der Waals surface area contributed by atoms with Crippen LogP contribution < -0.4 is 15.8 Å². The van der Waals surface area contributed by atoms with Gasteiger partial charge in [0.05, 0.1) is 18.0 Å². The fourth-order valence-corrected chi connectivity index (χ4v) is 2.94. The molecule has 2 rings (SSSR count).